The Labute approximate surface area is 89.0 Å². The van der Waals surface area contributed by atoms with E-state index in [0.717, 1.165) is 11.8 Å². The van der Waals surface area contributed by atoms with Crippen LogP contribution in [-0.2, 0) is 9.53 Å². The molecule has 0 atom stereocenters. The Morgan fingerprint density at radius 3 is 2.47 bits per heavy atom. The third-order valence-electron chi connectivity index (χ3n) is 1.99. The van der Waals surface area contributed by atoms with E-state index in [4.69, 9.17) is 9.84 Å². The van der Waals surface area contributed by atoms with Gasteiger partial charge in [0, 0.05) is 0 Å². The van der Waals surface area contributed by atoms with Crippen LogP contribution in [0.1, 0.15) is 18.1 Å². The minimum atomic E-state index is -0.510. The summed E-state index contributed by atoms with van der Waals surface area (Å²) in [5.41, 5.74) is 1.93. The Kier molecular flexibility index (Phi) is 3.92. The fourth-order valence-corrected chi connectivity index (χ4v) is 1.19. The van der Waals surface area contributed by atoms with Crippen LogP contribution in [0.5, 0.6) is 0 Å². The second kappa shape index (κ2) is 5.20. The number of hydrogen-bond donors (Lipinski definition) is 1. The minimum Gasteiger partial charge on any atom is -0.515 e. The molecule has 0 fully saturated rings. The molecule has 3 heteroatoms. The number of aliphatic hydroxyl groups excluding tert-OH is 1. The molecule has 0 bridgehead atoms. The number of aryl methyl sites for hydroxylation is 1. The van der Waals surface area contributed by atoms with Crippen LogP contribution in [0.3, 0.4) is 0 Å². The SMILES string of the molecule is CCOC(=O)C(=CO)c1ccc(C)cc1. The topological polar surface area (TPSA) is 46.5 Å². The van der Waals surface area contributed by atoms with Gasteiger partial charge in [-0.15, -0.1) is 0 Å². The highest BCUT2D eigenvalue weighted by Gasteiger charge is 2.12. The first-order valence-corrected chi connectivity index (χ1v) is 4.77. The summed E-state index contributed by atoms with van der Waals surface area (Å²) in [6.07, 6.45) is 0.780. The van der Waals surface area contributed by atoms with Crippen LogP contribution in [-0.4, -0.2) is 17.7 Å². The summed E-state index contributed by atoms with van der Waals surface area (Å²) in [6.45, 7) is 3.97. The van der Waals surface area contributed by atoms with E-state index in [9.17, 15) is 4.79 Å². The Morgan fingerprint density at radius 1 is 1.40 bits per heavy atom. The molecule has 0 aromatic heterocycles. The van der Waals surface area contributed by atoms with Crippen LogP contribution in [0, 0.1) is 6.92 Å². The monoisotopic (exact) mass is 206 g/mol. The molecular weight excluding hydrogens is 192 g/mol. The molecule has 0 radical (unpaired) electrons. The molecule has 0 aliphatic heterocycles. The molecule has 3 nitrogen and oxygen atoms in total. The van der Waals surface area contributed by atoms with Gasteiger partial charge in [-0.05, 0) is 19.4 Å². The van der Waals surface area contributed by atoms with Gasteiger partial charge in [0.15, 0.2) is 0 Å². The van der Waals surface area contributed by atoms with Crippen LogP contribution in [0.15, 0.2) is 30.5 Å². The van der Waals surface area contributed by atoms with Gasteiger partial charge in [0.25, 0.3) is 0 Å². The van der Waals surface area contributed by atoms with E-state index in [2.05, 4.69) is 0 Å². The van der Waals surface area contributed by atoms with Crippen molar-refractivity contribution in [1.82, 2.24) is 0 Å². The van der Waals surface area contributed by atoms with Crippen LogP contribution in [0.2, 0.25) is 0 Å². The van der Waals surface area contributed by atoms with E-state index in [1.165, 1.54) is 0 Å². The lowest BCUT2D eigenvalue weighted by atomic mass is 10.1. The Hall–Kier alpha value is -1.77. The second-order valence-corrected chi connectivity index (χ2v) is 3.13. The first kappa shape index (κ1) is 11.3. The zero-order valence-corrected chi connectivity index (χ0v) is 8.86. The maximum absolute atomic E-state index is 11.4. The van der Waals surface area contributed by atoms with Gasteiger partial charge in [0.1, 0.15) is 5.57 Å². The molecule has 0 saturated heterocycles. The molecule has 15 heavy (non-hydrogen) atoms. The van der Waals surface area contributed by atoms with Crippen molar-refractivity contribution in [3.63, 3.8) is 0 Å². The van der Waals surface area contributed by atoms with Crippen molar-refractivity contribution in [2.45, 2.75) is 13.8 Å². The number of ether oxygens (including phenoxy) is 1. The summed E-state index contributed by atoms with van der Waals surface area (Å²) >= 11 is 0. The maximum atomic E-state index is 11.4. The molecule has 0 spiro atoms. The van der Waals surface area contributed by atoms with E-state index < -0.39 is 5.97 Å². The Morgan fingerprint density at radius 2 is 2.00 bits per heavy atom. The Balaban J connectivity index is 2.94. The van der Waals surface area contributed by atoms with Gasteiger partial charge in [-0.25, -0.2) is 4.79 Å². The van der Waals surface area contributed by atoms with Crippen LogP contribution >= 0.6 is 0 Å². The maximum Gasteiger partial charge on any atom is 0.341 e. The lowest BCUT2D eigenvalue weighted by Crippen LogP contribution is -2.06. The fourth-order valence-electron chi connectivity index (χ4n) is 1.19. The molecule has 0 unspecified atom stereocenters. The predicted octanol–water partition coefficient (Wildman–Crippen LogP) is 2.46. The lowest BCUT2D eigenvalue weighted by molar-refractivity contribution is -0.136. The van der Waals surface area contributed by atoms with Crippen LogP contribution < -0.4 is 0 Å². The van der Waals surface area contributed by atoms with Crippen molar-refractivity contribution in [2.75, 3.05) is 6.61 Å². The highest BCUT2D eigenvalue weighted by Crippen LogP contribution is 2.16. The average molecular weight is 206 g/mol. The molecule has 0 amide bonds. The van der Waals surface area contributed by atoms with Crippen molar-refractivity contribution < 1.29 is 14.6 Å². The number of carbonyl (C=O) groups excluding carboxylic acids is 1. The first-order valence-electron chi connectivity index (χ1n) is 4.77. The molecule has 0 aliphatic carbocycles. The normalized spacial score (nSPS) is 11.2. The fraction of sp³-hybridized carbons (Fsp3) is 0.250. The number of aliphatic hydroxyl groups is 1. The number of carbonyl (C=O) groups is 1. The summed E-state index contributed by atoms with van der Waals surface area (Å²) in [7, 11) is 0. The number of hydrogen-bond acceptors (Lipinski definition) is 3. The summed E-state index contributed by atoms with van der Waals surface area (Å²) < 4.78 is 4.81. The van der Waals surface area contributed by atoms with Crippen molar-refractivity contribution in [2.24, 2.45) is 0 Å². The van der Waals surface area contributed by atoms with E-state index in [-0.39, 0.29) is 5.57 Å². The molecule has 1 rings (SSSR count). The number of benzene rings is 1. The first-order chi connectivity index (χ1) is 7.19. The molecular formula is C12H14O3. The van der Waals surface area contributed by atoms with Crippen molar-refractivity contribution in [3.05, 3.63) is 41.7 Å². The minimum absolute atomic E-state index is 0.178. The van der Waals surface area contributed by atoms with Crippen LogP contribution in [0.25, 0.3) is 5.57 Å². The molecule has 80 valence electrons. The lowest BCUT2D eigenvalue weighted by Gasteiger charge is -2.05. The molecule has 0 heterocycles. The zero-order valence-electron chi connectivity index (χ0n) is 8.86. The van der Waals surface area contributed by atoms with Gasteiger partial charge in [-0.2, -0.15) is 0 Å². The summed E-state index contributed by atoms with van der Waals surface area (Å²) in [6, 6.07) is 7.29. The summed E-state index contributed by atoms with van der Waals surface area (Å²) in [4.78, 5) is 11.4. The largest absolute Gasteiger partial charge is 0.515 e. The van der Waals surface area contributed by atoms with Crippen molar-refractivity contribution in [1.29, 1.82) is 0 Å². The molecule has 1 N–H and O–H groups in total. The van der Waals surface area contributed by atoms with Gasteiger partial charge >= 0.3 is 5.97 Å². The average Bonchev–Trinajstić information content (AvgIpc) is 2.22. The smallest absolute Gasteiger partial charge is 0.341 e. The summed E-state index contributed by atoms with van der Waals surface area (Å²) in [5, 5.41) is 8.98. The number of esters is 1. The van der Waals surface area contributed by atoms with Crippen molar-refractivity contribution in [3.8, 4) is 0 Å². The molecule has 1 aromatic carbocycles. The van der Waals surface area contributed by atoms with E-state index in [1.54, 1.807) is 19.1 Å². The van der Waals surface area contributed by atoms with Gasteiger partial charge in [0.2, 0.25) is 0 Å². The second-order valence-electron chi connectivity index (χ2n) is 3.13. The van der Waals surface area contributed by atoms with Crippen molar-refractivity contribution >= 4 is 11.5 Å². The summed E-state index contributed by atoms with van der Waals surface area (Å²) in [5.74, 6) is -0.510. The van der Waals surface area contributed by atoms with E-state index in [1.807, 2.05) is 19.1 Å². The highest BCUT2D eigenvalue weighted by molar-refractivity contribution is 6.16. The molecule has 0 saturated carbocycles. The zero-order chi connectivity index (χ0) is 11.3. The van der Waals surface area contributed by atoms with Gasteiger partial charge in [-0.3, -0.25) is 0 Å². The van der Waals surface area contributed by atoms with Gasteiger partial charge < -0.3 is 9.84 Å². The van der Waals surface area contributed by atoms with E-state index in [0.29, 0.717) is 12.2 Å². The third kappa shape index (κ3) is 2.84. The highest BCUT2D eigenvalue weighted by atomic mass is 16.5. The standard InChI is InChI=1S/C12H14O3/c1-3-15-12(14)11(8-13)10-6-4-9(2)5-7-10/h4-8,13H,3H2,1-2H3. The molecule has 0 aliphatic rings. The number of rotatable bonds is 3. The Bertz CT molecular complexity index is 363. The quantitative estimate of drug-likeness (QED) is 0.469. The van der Waals surface area contributed by atoms with E-state index >= 15 is 0 Å². The predicted molar refractivity (Wildman–Crippen MR) is 58.4 cm³/mol. The third-order valence-corrected chi connectivity index (χ3v) is 1.99. The van der Waals surface area contributed by atoms with Crippen LogP contribution in [0.4, 0.5) is 0 Å². The molecule has 1 aromatic rings. The van der Waals surface area contributed by atoms with Gasteiger partial charge in [0.05, 0.1) is 12.9 Å². The van der Waals surface area contributed by atoms with Gasteiger partial charge in [-0.1, -0.05) is 29.8 Å².